The van der Waals surface area contributed by atoms with Crippen LogP contribution in [0.25, 0.3) is 0 Å². The van der Waals surface area contributed by atoms with Gasteiger partial charge in [0.15, 0.2) is 0 Å². The molecule has 0 aliphatic carbocycles. The highest BCUT2D eigenvalue weighted by atomic mass is 16.5. The molecule has 2 atom stereocenters. The van der Waals surface area contributed by atoms with E-state index in [1.54, 1.807) is 6.07 Å². The maximum absolute atomic E-state index is 10.1. The molecule has 1 aromatic carbocycles. The van der Waals surface area contributed by atoms with Crippen molar-refractivity contribution in [2.24, 2.45) is 4.99 Å². The van der Waals surface area contributed by atoms with Gasteiger partial charge in [-0.25, -0.2) is 0 Å². The molecule has 1 saturated heterocycles. The van der Waals surface area contributed by atoms with E-state index in [1.807, 2.05) is 25.4 Å². The van der Waals surface area contributed by atoms with Crippen LogP contribution in [-0.2, 0) is 11.2 Å². The first-order valence-corrected chi connectivity index (χ1v) is 8.83. The van der Waals surface area contributed by atoms with Crippen molar-refractivity contribution in [3.8, 4) is 5.75 Å². The number of aliphatic imine (C=N–C) groups is 1. The number of benzene rings is 1. The molecule has 1 aliphatic heterocycles. The molecule has 2 rings (SSSR count). The lowest BCUT2D eigenvalue weighted by molar-refractivity contribution is 0.0127. The van der Waals surface area contributed by atoms with Gasteiger partial charge >= 0.3 is 0 Å². The minimum atomic E-state index is 0.346. The van der Waals surface area contributed by atoms with Gasteiger partial charge in [-0.05, 0) is 71.0 Å². The predicted molar refractivity (Wildman–Crippen MR) is 95.9 cm³/mol. The molecule has 2 N–H and O–H groups in total. The van der Waals surface area contributed by atoms with Crippen molar-refractivity contribution in [1.29, 1.82) is 0 Å². The van der Waals surface area contributed by atoms with Gasteiger partial charge in [-0.15, -0.1) is 0 Å². The second-order valence-corrected chi connectivity index (χ2v) is 6.38. The first-order valence-electron chi connectivity index (χ1n) is 8.83. The van der Waals surface area contributed by atoms with E-state index in [9.17, 15) is 5.11 Å². The Bertz CT molecular complexity index is 496. The normalized spacial score (nSPS) is 20.0. The third kappa shape index (κ3) is 5.96. The van der Waals surface area contributed by atoms with Gasteiger partial charge in [0.1, 0.15) is 5.75 Å². The van der Waals surface area contributed by atoms with Crippen LogP contribution in [0.2, 0.25) is 0 Å². The molecule has 0 amide bonds. The summed E-state index contributed by atoms with van der Waals surface area (Å²) in [5.74, 6) is 0.346. The third-order valence-corrected chi connectivity index (χ3v) is 4.57. The number of ether oxygens (including phenoxy) is 1. The van der Waals surface area contributed by atoms with E-state index in [4.69, 9.17) is 4.74 Å². The van der Waals surface area contributed by atoms with Gasteiger partial charge in [0.2, 0.25) is 0 Å². The number of hydrogen-bond donors (Lipinski definition) is 2. The fourth-order valence-electron chi connectivity index (χ4n) is 2.90. The smallest absolute Gasteiger partial charge is 0.120 e. The minimum absolute atomic E-state index is 0.346. The monoisotopic (exact) mass is 318 g/mol. The van der Waals surface area contributed by atoms with Crippen LogP contribution in [0.15, 0.2) is 23.2 Å². The molecule has 0 radical (unpaired) electrons. The number of hydrogen-bond acceptors (Lipinski definition) is 4. The van der Waals surface area contributed by atoms with Crippen molar-refractivity contribution in [3.05, 3.63) is 23.8 Å². The fourth-order valence-corrected chi connectivity index (χ4v) is 2.90. The van der Waals surface area contributed by atoms with Gasteiger partial charge in [-0.2, -0.15) is 0 Å². The first kappa shape index (κ1) is 18.0. The molecular weight excluding hydrogens is 288 g/mol. The van der Waals surface area contributed by atoms with Crippen LogP contribution in [0.3, 0.4) is 0 Å². The SMILES string of the molecule is CNC(C)CCc1c(O)cccc1N=CCCC1CCCCO1. The standard InChI is InChI=1S/C19H30N2O2/c1-15(20-2)11-12-17-18(9-5-10-19(17)22)21-13-6-8-16-7-3-4-14-23-16/h5,9-10,13,15-16,20,22H,3-4,6-8,11-12,14H2,1-2H3. The molecule has 1 aliphatic rings. The van der Waals surface area contributed by atoms with Crippen LogP contribution in [-0.4, -0.2) is 37.1 Å². The van der Waals surface area contributed by atoms with Gasteiger partial charge in [-0.1, -0.05) is 6.07 Å². The lowest BCUT2D eigenvalue weighted by Crippen LogP contribution is -2.21. The van der Waals surface area contributed by atoms with Crippen molar-refractivity contribution >= 4 is 11.9 Å². The summed E-state index contributed by atoms with van der Waals surface area (Å²) in [6.07, 6.45) is 9.78. The fraction of sp³-hybridized carbons (Fsp3) is 0.632. The minimum Gasteiger partial charge on any atom is -0.508 e. The summed E-state index contributed by atoms with van der Waals surface area (Å²) in [7, 11) is 1.96. The van der Waals surface area contributed by atoms with Gasteiger partial charge in [0.05, 0.1) is 11.8 Å². The topological polar surface area (TPSA) is 53.8 Å². The average molecular weight is 318 g/mol. The highest BCUT2D eigenvalue weighted by Gasteiger charge is 2.12. The molecule has 2 unspecified atom stereocenters. The van der Waals surface area contributed by atoms with Crippen LogP contribution < -0.4 is 5.32 Å². The molecule has 0 bridgehead atoms. The summed E-state index contributed by atoms with van der Waals surface area (Å²) in [5.41, 5.74) is 1.83. The molecule has 0 aromatic heterocycles. The molecule has 4 nitrogen and oxygen atoms in total. The number of phenols is 1. The van der Waals surface area contributed by atoms with Gasteiger partial charge in [0.25, 0.3) is 0 Å². The van der Waals surface area contributed by atoms with E-state index in [0.717, 1.165) is 43.5 Å². The number of phenolic OH excluding ortho intramolecular Hbond substituents is 1. The Morgan fingerprint density at radius 3 is 3.04 bits per heavy atom. The summed E-state index contributed by atoms with van der Waals surface area (Å²) in [4.78, 5) is 4.59. The van der Waals surface area contributed by atoms with Crippen molar-refractivity contribution in [1.82, 2.24) is 5.32 Å². The highest BCUT2D eigenvalue weighted by molar-refractivity contribution is 5.66. The van der Waals surface area contributed by atoms with Crippen molar-refractivity contribution in [3.63, 3.8) is 0 Å². The number of nitrogens with zero attached hydrogens (tertiary/aromatic N) is 1. The Labute approximate surface area is 140 Å². The van der Waals surface area contributed by atoms with E-state index < -0.39 is 0 Å². The molecule has 0 saturated carbocycles. The Hall–Kier alpha value is -1.39. The maximum atomic E-state index is 10.1. The highest BCUT2D eigenvalue weighted by Crippen LogP contribution is 2.29. The van der Waals surface area contributed by atoms with E-state index in [1.165, 1.54) is 19.3 Å². The second kappa shape index (κ2) is 9.68. The third-order valence-electron chi connectivity index (χ3n) is 4.57. The summed E-state index contributed by atoms with van der Waals surface area (Å²) >= 11 is 0. The summed E-state index contributed by atoms with van der Waals surface area (Å²) in [6, 6.07) is 6.01. The summed E-state index contributed by atoms with van der Waals surface area (Å²) < 4.78 is 5.74. The van der Waals surface area contributed by atoms with E-state index in [2.05, 4.69) is 17.2 Å². The lowest BCUT2D eigenvalue weighted by Gasteiger charge is -2.21. The zero-order valence-electron chi connectivity index (χ0n) is 14.4. The van der Waals surface area contributed by atoms with Crippen LogP contribution >= 0.6 is 0 Å². The largest absolute Gasteiger partial charge is 0.508 e. The molecule has 23 heavy (non-hydrogen) atoms. The van der Waals surface area contributed by atoms with Crippen LogP contribution in [0.1, 0.15) is 51.0 Å². The van der Waals surface area contributed by atoms with E-state index >= 15 is 0 Å². The zero-order valence-corrected chi connectivity index (χ0v) is 14.4. The molecule has 0 spiro atoms. The molecular formula is C19H30N2O2. The molecule has 1 fully saturated rings. The summed E-state index contributed by atoms with van der Waals surface area (Å²) in [6.45, 7) is 3.05. The quantitative estimate of drug-likeness (QED) is 0.713. The number of aromatic hydroxyl groups is 1. The van der Waals surface area contributed by atoms with E-state index in [-0.39, 0.29) is 0 Å². The first-order chi connectivity index (χ1) is 11.2. The van der Waals surface area contributed by atoms with Crippen LogP contribution in [0.4, 0.5) is 5.69 Å². The van der Waals surface area contributed by atoms with Gasteiger partial charge in [-0.3, -0.25) is 4.99 Å². The predicted octanol–water partition coefficient (Wildman–Crippen LogP) is 3.98. The Morgan fingerprint density at radius 2 is 2.30 bits per heavy atom. The molecule has 1 aromatic rings. The summed E-state index contributed by atoms with van der Waals surface area (Å²) in [5, 5.41) is 13.4. The van der Waals surface area contributed by atoms with Crippen molar-refractivity contribution in [2.75, 3.05) is 13.7 Å². The van der Waals surface area contributed by atoms with E-state index in [0.29, 0.717) is 17.9 Å². The van der Waals surface area contributed by atoms with Gasteiger partial charge in [0, 0.05) is 24.4 Å². The van der Waals surface area contributed by atoms with Crippen molar-refractivity contribution < 1.29 is 9.84 Å². The molecule has 4 heteroatoms. The van der Waals surface area contributed by atoms with Crippen molar-refractivity contribution in [2.45, 2.75) is 64.0 Å². The Balaban J connectivity index is 1.90. The number of nitrogens with one attached hydrogen (secondary N) is 1. The maximum Gasteiger partial charge on any atom is 0.120 e. The van der Waals surface area contributed by atoms with Crippen LogP contribution in [0.5, 0.6) is 5.75 Å². The Kier molecular flexibility index (Phi) is 7.56. The van der Waals surface area contributed by atoms with Crippen LogP contribution in [0, 0.1) is 0 Å². The van der Waals surface area contributed by atoms with Gasteiger partial charge < -0.3 is 15.2 Å². The average Bonchev–Trinajstić information content (AvgIpc) is 2.58. The number of rotatable bonds is 8. The zero-order chi connectivity index (χ0) is 16.5. The molecule has 128 valence electrons. The molecule has 1 heterocycles. The lowest BCUT2D eigenvalue weighted by atomic mass is 10.0. The second-order valence-electron chi connectivity index (χ2n) is 6.38. The Morgan fingerprint density at radius 1 is 1.43 bits per heavy atom.